The molecule has 0 aliphatic heterocycles. The minimum Gasteiger partial charge on any atom is -0.390 e. The second kappa shape index (κ2) is 4.24. The number of ether oxygens (including phenoxy) is 1. The first-order chi connectivity index (χ1) is 6.49. The molecule has 4 atom stereocenters. The van der Waals surface area contributed by atoms with Crippen LogP contribution in [0.15, 0.2) is 12.2 Å². The van der Waals surface area contributed by atoms with Crippen LogP contribution < -0.4 is 0 Å². The lowest BCUT2D eigenvalue weighted by Crippen LogP contribution is -2.47. The van der Waals surface area contributed by atoms with Crippen LogP contribution in [0.2, 0.25) is 0 Å². The van der Waals surface area contributed by atoms with Crippen molar-refractivity contribution in [1.82, 2.24) is 0 Å². The fourth-order valence-electron chi connectivity index (χ4n) is 2.17. The zero-order chi connectivity index (χ0) is 10.9. The number of hydrogen-bond donors (Lipinski definition) is 1. The molecule has 0 bridgehead atoms. The highest BCUT2D eigenvalue weighted by atomic mass is 16.5. The molecular weight excluding hydrogens is 180 g/mol. The molecule has 1 aliphatic rings. The third-order valence-corrected chi connectivity index (χ3v) is 3.07. The third-order valence-electron chi connectivity index (χ3n) is 3.07. The van der Waals surface area contributed by atoms with Crippen molar-refractivity contribution in [2.75, 3.05) is 7.11 Å². The van der Waals surface area contributed by atoms with E-state index in [0.29, 0.717) is 6.42 Å². The number of methoxy groups -OCH3 is 1. The van der Waals surface area contributed by atoms with Gasteiger partial charge in [0, 0.05) is 25.4 Å². The summed E-state index contributed by atoms with van der Waals surface area (Å²) in [7, 11) is 1.52. The minimum atomic E-state index is -0.606. The lowest BCUT2D eigenvalue weighted by atomic mass is 9.73. The van der Waals surface area contributed by atoms with Crippen LogP contribution in [-0.4, -0.2) is 30.2 Å². The number of rotatable bonds is 2. The maximum absolute atomic E-state index is 11.6. The Kier molecular flexibility index (Phi) is 3.45. The van der Waals surface area contributed by atoms with Crippen molar-refractivity contribution in [1.29, 1.82) is 0 Å². The van der Waals surface area contributed by atoms with Gasteiger partial charge < -0.3 is 9.84 Å². The SMILES string of the molecule is C=C(C)C1[C@H](C)C(=O)C[C@@H](OC)[C@@H]1O. The lowest BCUT2D eigenvalue weighted by molar-refractivity contribution is -0.140. The first-order valence-electron chi connectivity index (χ1n) is 4.88. The van der Waals surface area contributed by atoms with Gasteiger partial charge in [-0.25, -0.2) is 0 Å². The fraction of sp³-hybridized carbons (Fsp3) is 0.727. The van der Waals surface area contributed by atoms with Crippen LogP contribution >= 0.6 is 0 Å². The Morgan fingerprint density at radius 1 is 1.64 bits per heavy atom. The Hall–Kier alpha value is -0.670. The van der Waals surface area contributed by atoms with Crippen LogP contribution in [0.3, 0.4) is 0 Å². The van der Waals surface area contributed by atoms with Crippen LogP contribution in [0.1, 0.15) is 20.3 Å². The summed E-state index contributed by atoms with van der Waals surface area (Å²) in [5, 5.41) is 9.95. The Morgan fingerprint density at radius 3 is 2.64 bits per heavy atom. The van der Waals surface area contributed by atoms with E-state index in [4.69, 9.17) is 4.74 Å². The van der Waals surface area contributed by atoms with Crippen LogP contribution in [-0.2, 0) is 9.53 Å². The van der Waals surface area contributed by atoms with E-state index in [0.717, 1.165) is 5.57 Å². The maximum atomic E-state index is 11.6. The average molecular weight is 198 g/mol. The number of aliphatic hydroxyl groups excluding tert-OH is 1. The highest BCUT2D eigenvalue weighted by molar-refractivity contribution is 5.83. The fourth-order valence-corrected chi connectivity index (χ4v) is 2.17. The zero-order valence-electron chi connectivity index (χ0n) is 8.99. The van der Waals surface area contributed by atoms with Gasteiger partial charge in [0.15, 0.2) is 0 Å². The van der Waals surface area contributed by atoms with E-state index < -0.39 is 6.10 Å². The van der Waals surface area contributed by atoms with Gasteiger partial charge in [0.25, 0.3) is 0 Å². The molecule has 3 heteroatoms. The largest absolute Gasteiger partial charge is 0.390 e. The molecule has 0 radical (unpaired) electrons. The van der Waals surface area contributed by atoms with Crippen molar-refractivity contribution in [3.05, 3.63) is 12.2 Å². The summed E-state index contributed by atoms with van der Waals surface area (Å²) < 4.78 is 5.09. The van der Waals surface area contributed by atoms with Gasteiger partial charge in [0.1, 0.15) is 5.78 Å². The van der Waals surface area contributed by atoms with Gasteiger partial charge in [-0.05, 0) is 6.92 Å². The van der Waals surface area contributed by atoms with E-state index in [2.05, 4.69) is 6.58 Å². The molecule has 0 aromatic carbocycles. The molecule has 1 aliphatic carbocycles. The molecule has 0 aromatic rings. The number of hydrogen-bond acceptors (Lipinski definition) is 3. The summed E-state index contributed by atoms with van der Waals surface area (Å²) in [6.45, 7) is 7.50. The predicted octanol–water partition coefficient (Wildman–Crippen LogP) is 1.16. The van der Waals surface area contributed by atoms with E-state index in [9.17, 15) is 9.90 Å². The van der Waals surface area contributed by atoms with Gasteiger partial charge in [-0.3, -0.25) is 4.79 Å². The van der Waals surface area contributed by atoms with E-state index in [1.807, 2.05) is 13.8 Å². The number of carbonyl (C=O) groups is 1. The Bertz CT molecular complexity index is 247. The van der Waals surface area contributed by atoms with E-state index in [1.165, 1.54) is 7.11 Å². The van der Waals surface area contributed by atoms with Crippen LogP contribution in [0, 0.1) is 11.8 Å². The standard InChI is InChI=1S/C11H18O3/c1-6(2)10-7(3)8(12)5-9(14-4)11(10)13/h7,9-11,13H,1,5H2,2-4H3/t7-,9-,10?,11+/m1/s1. The molecule has 0 aromatic heterocycles. The first kappa shape index (κ1) is 11.4. The lowest BCUT2D eigenvalue weighted by Gasteiger charge is -2.37. The number of ketones is 1. The number of aliphatic hydroxyl groups is 1. The van der Waals surface area contributed by atoms with Crippen LogP contribution in [0.4, 0.5) is 0 Å². The second-order valence-electron chi connectivity index (χ2n) is 4.10. The molecule has 1 saturated carbocycles. The Balaban J connectivity index is 2.88. The van der Waals surface area contributed by atoms with Crippen molar-refractivity contribution in [3.63, 3.8) is 0 Å². The molecule has 1 rings (SSSR count). The molecule has 0 saturated heterocycles. The second-order valence-corrected chi connectivity index (χ2v) is 4.10. The first-order valence-corrected chi connectivity index (χ1v) is 4.88. The quantitative estimate of drug-likeness (QED) is 0.677. The molecular formula is C11H18O3. The summed E-state index contributed by atoms with van der Waals surface area (Å²) in [6, 6.07) is 0. The number of carbonyl (C=O) groups excluding carboxylic acids is 1. The smallest absolute Gasteiger partial charge is 0.139 e. The van der Waals surface area contributed by atoms with Crippen LogP contribution in [0.5, 0.6) is 0 Å². The monoisotopic (exact) mass is 198 g/mol. The van der Waals surface area contributed by atoms with Gasteiger partial charge in [-0.15, -0.1) is 0 Å². The van der Waals surface area contributed by atoms with Crippen molar-refractivity contribution in [2.24, 2.45) is 11.8 Å². The minimum absolute atomic E-state index is 0.145. The summed E-state index contributed by atoms with van der Waals surface area (Å²) in [6.07, 6.45) is -0.673. The Morgan fingerprint density at radius 2 is 2.21 bits per heavy atom. The van der Waals surface area contributed by atoms with Gasteiger partial charge in [-0.1, -0.05) is 19.1 Å². The molecule has 0 heterocycles. The zero-order valence-corrected chi connectivity index (χ0v) is 8.99. The van der Waals surface area contributed by atoms with E-state index >= 15 is 0 Å². The topological polar surface area (TPSA) is 46.5 Å². The maximum Gasteiger partial charge on any atom is 0.139 e. The van der Waals surface area contributed by atoms with Crippen molar-refractivity contribution < 1.29 is 14.6 Å². The van der Waals surface area contributed by atoms with Crippen molar-refractivity contribution in [2.45, 2.75) is 32.5 Å². The normalized spacial score (nSPS) is 38.4. The molecule has 80 valence electrons. The predicted molar refractivity (Wildman–Crippen MR) is 53.9 cm³/mol. The molecule has 1 unspecified atom stereocenters. The number of Topliss-reactive ketones (excluding diaryl/α,β-unsaturated/α-hetero) is 1. The Labute approximate surface area is 84.8 Å². The molecule has 3 nitrogen and oxygen atoms in total. The van der Waals surface area contributed by atoms with Crippen LogP contribution in [0.25, 0.3) is 0 Å². The van der Waals surface area contributed by atoms with Crippen molar-refractivity contribution in [3.8, 4) is 0 Å². The summed E-state index contributed by atoms with van der Waals surface area (Å²) >= 11 is 0. The molecule has 14 heavy (non-hydrogen) atoms. The van der Waals surface area contributed by atoms with Gasteiger partial charge >= 0.3 is 0 Å². The average Bonchev–Trinajstić information content (AvgIpc) is 2.11. The van der Waals surface area contributed by atoms with Crippen molar-refractivity contribution >= 4 is 5.78 Å². The van der Waals surface area contributed by atoms with E-state index in [-0.39, 0.29) is 23.7 Å². The molecule has 1 N–H and O–H groups in total. The highest BCUT2D eigenvalue weighted by Gasteiger charge is 2.41. The van der Waals surface area contributed by atoms with Gasteiger partial charge in [0.05, 0.1) is 12.2 Å². The van der Waals surface area contributed by atoms with E-state index in [1.54, 1.807) is 0 Å². The molecule has 0 spiro atoms. The third kappa shape index (κ3) is 1.88. The molecule has 0 amide bonds. The van der Waals surface area contributed by atoms with Gasteiger partial charge in [-0.2, -0.15) is 0 Å². The summed E-state index contributed by atoms with van der Waals surface area (Å²) in [4.78, 5) is 11.6. The summed E-state index contributed by atoms with van der Waals surface area (Å²) in [5.41, 5.74) is 0.847. The highest BCUT2D eigenvalue weighted by Crippen LogP contribution is 2.33. The summed E-state index contributed by atoms with van der Waals surface area (Å²) in [5.74, 6) is -0.162. The van der Waals surface area contributed by atoms with Gasteiger partial charge in [0.2, 0.25) is 0 Å². The molecule has 1 fully saturated rings.